The van der Waals surface area contributed by atoms with Crippen LogP contribution in [0.1, 0.15) is 19.8 Å². The Labute approximate surface area is 172 Å². The summed E-state index contributed by atoms with van der Waals surface area (Å²) in [5.41, 5.74) is 0. The van der Waals surface area contributed by atoms with Gasteiger partial charge in [-0.2, -0.15) is 0 Å². The Bertz CT molecular complexity index is 798. The van der Waals surface area contributed by atoms with E-state index in [0.29, 0.717) is 0 Å². The molecule has 2 nitrogen and oxygen atoms in total. The zero-order valence-corrected chi connectivity index (χ0v) is 17.8. The molecule has 0 radical (unpaired) electrons. The van der Waals surface area contributed by atoms with E-state index in [-0.39, 0.29) is 11.8 Å². The van der Waals surface area contributed by atoms with Crippen molar-refractivity contribution in [3.05, 3.63) is 91.0 Å². The number of alkyl halides is 1. The third kappa shape index (κ3) is 3.48. The van der Waals surface area contributed by atoms with Crippen LogP contribution < -0.4 is 15.9 Å². The average molecular weight is 413 g/mol. The summed E-state index contributed by atoms with van der Waals surface area (Å²) in [7, 11) is 0. The van der Waals surface area contributed by atoms with Gasteiger partial charge in [0.25, 0.3) is 0 Å². The predicted octanol–water partition coefficient (Wildman–Crippen LogP) is 5.01. The molecule has 0 saturated heterocycles. The second kappa shape index (κ2) is 8.90. The van der Waals surface area contributed by atoms with Crippen molar-refractivity contribution < 1.29 is 9.32 Å². The van der Waals surface area contributed by atoms with E-state index >= 15 is 0 Å². The molecule has 146 valence electrons. The van der Waals surface area contributed by atoms with Gasteiger partial charge in [0.1, 0.15) is 0 Å². The summed E-state index contributed by atoms with van der Waals surface area (Å²) in [6.07, 6.45) is 2.69. The summed E-state index contributed by atoms with van der Waals surface area (Å²) in [4.78, 5) is 12.8. The van der Waals surface area contributed by atoms with Crippen molar-refractivity contribution in [3.63, 3.8) is 0 Å². The summed E-state index contributed by atoms with van der Waals surface area (Å²) in [5, 5.41) is 3.16. The summed E-state index contributed by atoms with van der Waals surface area (Å²) >= 11 is 5.96. The monoisotopic (exact) mass is 412 g/mol. The zero-order valence-electron chi connectivity index (χ0n) is 16.1. The van der Waals surface area contributed by atoms with E-state index in [1.165, 1.54) is 0 Å². The molecule has 0 aliphatic rings. The van der Waals surface area contributed by atoms with Gasteiger partial charge < -0.3 is 0 Å². The van der Waals surface area contributed by atoms with Gasteiger partial charge in [0.2, 0.25) is 0 Å². The molecule has 0 N–H and O–H groups in total. The van der Waals surface area contributed by atoms with E-state index in [1.807, 2.05) is 54.6 Å². The molecule has 3 rings (SSSR count). The molecule has 0 saturated carbocycles. The van der Waals surface area contributed by atoms with Crippen molar-refractivity contribution in [1.29, 1.82) is 0 Å². The van der Waals surface area contributed by atoms with Crippen molar-refractivity contribution in [2.75, 3.05) is 12.0 Å². The first-order chi connectivity index (χ1) is 13.7. The van der Waals surface area contributed by atoms with Crippen LogP contribution in [0.3, 0.4) is 0 Å². The van der Waals surface area contributed by atoms with Gasteiger partial charge >= 0.3 is 172 Å². The van der Waals surface area contributed by atoms with Crippen molar-refractivity contribution in [3.8, 4) is 0 Å². The van der Waals surface area contributed by atoms with Gasteiger partial charge in [0.15, 0.2) is 0 Å². The Hall–Kier alpha value is -2.15. The van der Waals surface area contributed by atoms with Gasteiger partial charge in [-0.05, 0) is 0 Å². The maximum atomic E-state index is 12.8. The topological polar surface area (TPSA) is 26.3 Å². The van der Waals surface area contributed by atoms with Crippen LogP contribution in [0, 0.1) is 0 Å². The molecule has 0 atom stereocenters. The van der Waals surface area contributed by atoms with Crippen molar-refractivity contribution in [2.24, 2.45) is 0 Å². The van der Waals surface area contributed by atoms with Crippen LogP contribution in [-0.2, 0) is 9.32 Å². The third-order valence-corrected chi connectivity index (χ3v) is 11.4. The molecule has 4 heteroatoms. The Balaban J connectivity index is 2.48. The standard InChI is InChI=1S/C24H26ClO2P/c1-2-3-19-28(27-24(26)20-25,21-13-7-4-8-14-21,22-15-9-5-10-16-22)23-17-11-6-12-18-23/h4-18H,2-3,19-20H2,1H3. The molecule has 0 aliphatic carbocycles. The van der Waals surface area contributed by atoms with E-state index in [0.717, 1.165) is 34.9 Å². The SMILES string of the molecule is CCCCP(OC(=O)CCl)(c1ccccc1)(c1ccccc1)c1ccccc1. The molecule has 0 unspecified atom stereocenters. The second-order valence-electron chi connectivity index (χ2n) is 6.89. The first-order valence-electron chi connectivity index (χ1n) is 9.64. The molecule has 0 bridgehead atoms. The van der Waals surface area contributed by atoms with E-state index in [4.69, 9.17) is 16.1 Å². The van der Waals surface area contributed by atoms with Crippen molar-refractivity contribution >= 4 is 40.3 Å². The molecule has 0 spiro atoms. The van der Waals surface area contributed by atoms with Gasteiger partial charge in [0.05, 0.1) is 0 Å². The Morgan fingerprint density at radius 1 is 0.786 bits per heavy atom. The number of hydrogen-bond donors (Lipinski definition) is 0. The van der Waals surface area contributed by atoms with Crippen molar-refractivity contribution in [2.45, 2.75) is 19.8 Å². The van der Waals surface area contributed by atoms with Crippen LogP contribution in [-0.4, -0.2) is 18.0 Å². The van der Waals surface area contributed by atoms with Crippen LogP contribution in [0.15, 0.2) is 91.0 Å². The van der Waals surface area contributed by atoms with Crippen LogP contribution in [0.4, 0.5) is 0 Å². The fourth-order valence-electron chi connectivity index (χ4n) is 3.98. The maximum absolute atomic E-state index is 12.8. The zero-order chi connectivity index (χ0) is 19.9. The molecule has 0 heterocycles. The molecule has 0 fully saturated rings. The first-order valence-corrected chi connectivity index (χ1v) is 12.5. The van der Waals surface area contributed by atoms with Crippen LogP contribution >= 0.6 is 18.4 Å². The van der Waals surface area contributed by atoms with E-state index in [9.17, 15) is 4.79 Å². The van der Waals surface area contributed by atoms with Crippen molar-refractivity contribution in [1.82, 2.24) is 0 Å². The molecule has 0 aromatic heterocycles. The van der Waals surface area contributed by atoms with Gasteiger partial charge in [-0.15, -0.1) is 0 Å². The Morgan fingerprint density at radius 2 is 1.18 bits per heavy atom. The number of hydrogen-bond acceptors (Lipinski definition) is 2. The number of unbranched alkanes of at least 4 members (excludes halogenated alkanes) is 1. The van der Waals surface area contributed by atoms with E-state index in [2.05, 4.69) is 43.3 Å². The van der Waals surface area contributed by atoms with Crippen LogP contribution in [0.5, 0.6) is 0 Å². The molecule has 28 heavy (non-hydrogen) atoms. The number of carbonyl (C=O) groups is 1. The molecule has 0 aliphatic heterocycles. The Morgan fingerprint density at radius 3 is 1.50 bits per heavy atom. The van der Waals surface area contributed by atoms with Crippen LogP contribution in [0.2, 0.25) is 0 Å². The molecule has 3 aromatic carbocycles. The van der Waals surface area contributed by atoms with E-state index in [1.54, 1.807) is 0 Å². The quantitative estimate of drug-likeness (QED) is 0.384. The minimum absolute atomic E-state index is 0.170. The molecular weight excluding hydrogens is 387 g/mol. The van der Waals surface area contributed by atoms with Gasteiger partial charge in [0, 0.05) is 0 Å². The molecular formula is C24H26ClO2P. The Kier molecular flexibility index (Phi) is 6.54. The molecule has 3 aromatic rings. The van der Waals surface area contributed by atoms with E-state index < -0.39 is 6.83 Å². The number of benzene rings is 3. The third-order valence-electron chi connectivity index (χ3n) is 5.26. The predicted molar refractivity (Wildman–Crippen MR) is 122 cm³/mol. The minimum atomic E-state index is -3.53. The fourth-order valence-corrected chi connectivity index (χ4v) is 10.0. The average Bonchev–Trinajstić information content (AvgIpc) is 2.78. The normalized spacial score (nSPS) is 12.7. The van der Waals surface area contributed by atoms with Gasteiger partial charge in [-0.25, -0.2) is 0 Å². The summed E-state index contributed by atoms with van der Waals surface area (Å²) in [6, 6.07) is 30.6. The van der Waals surface area contributed by atoms with Gasteiger partial charge in [-0.3, -0.25) is 0 Å². The molecule has 0 amide bonds. The number of halogens is 1. The summed E-state index contributed by atoms with van der Waals surface area (Å²) in [6.45, 7) is -1.37. The second-order valence-corrected chi connectivity index (χ2v) is 11.8. The van der Waals surface area contributed by atoms with Gasteiger partial charge in [-0.1, -0.05) is 0 Å². The fraction of sp³-hybridized carbons (Fsp3) is 0.208. The summed E-state index contributed by atoms with van der Waals surface area (Å²) < 4.78 is 6.59. The van der Waals surface area contributed by atoms with Crippen LogP contribution in [0.25, 0.3) is 0 Å². The number of rotatable bonds is 8. The first kappa shape index (κ1) is 20.6. The number of carbonyl (C=O) groups excluding carboxylic acids is 1. The summed E-state index contributed by atoms with van der Waals surface area (Å²) in [5.74, 6) is -0.553.